The Morgan fingerprint density at radius 1 is 0.955 bits per heavy atom. The van der Waals surface area contributed by atoms with Crippen molar-refractivity contribution >= 4 is 0 Å². The van der Waals surface area contributed by atoms with Crippen molar-refractivity contribution in [3.63, 3.8) is 0 Å². The second-order valence-electron chi connectivity index (χ2n) is 6.86. The second kappa shape index (κ2) is 12.7. The van der Waals surface area contributed by atoms with E-state index in [1.807, 2.05) is 0 Å². The first-order valence-electron chi connectivity index (χ1n) is 8.53. The lowest BCUT2D eigenvalue weighted by Crippen LogP contribution is -2.16. The van der Waals surface area contributed by atoms with Crippen LogP contribution in [0.2, 0.25) is 0 Å². The molecular weight excluding hydrogens is 272 g/mol. The van der Waals surface area contributed by atoms with Crippen molar-refractivity contribution in [1.82, 2.24) is 0 Å². The molecule has 0 aromatic carbocycles. The molecule has 0 aliphatic carbocycles. The van der Waals surface area contributed by atoms with Crippen molar-refractivity contribution in [2.75, 3.05) is 6.61 Å². The summed E-state index contributed by atoms with van der Waals surface area (Å²) < 4.78 is 5.49. The van der Waals surface area contributed by atoms with Gasteiger partial charge in [0.25, 0.3) is 0 Å². The summed E-state index contributed by atoms with van der Waals surface area (Å²) in [5, 5.41) is 9.91. The maximum absolute atomic E-state index is 9.91. The van der Waals surface area contributed by atoms with Gasteiger partial charge in [0.15, 0.2) is 6.29 Å². The van der Waals surface area contributed by atoms with Crippen LogP contribution in [-0.2, 0) is 4.74 Å². The van der Waals surface area contributed by atoms with Crippen LogP contribution in [0.15, 0.2) is 34.9 Å². The van der Waals surface area contributed by atoms with Gasteiger partial charge in [-0.15, -0.1) is 0 Å². The predicted octanol–water partition coefficient (Wildman–Crippen LogP) is 5.79. The lowest BCUT2D eigenvalue weighted by Gasteiger charge is -2.16. The first kappa shape index (κ1) is 21.1. The van der Waals surface area contributed by atoms with Gasteiger partial charge < -0.3 is 9.84 Å². The largest absolute Gasteiger partial charge is 0.368 e. The summed E-state index contributed by atoms with van der Waals surface area (Å²) in [4.78, 5) is 0. The monoisotopic (exact) mass is 308 g/mol. The van der Waals surface area contributed by atoms with Crippen LogP contribution in [0.3, 0.4) is 0 Å². The lowest BCUT2D eigenvalue weighted by atomic mass is 10.0. The number of rotatable bonds is 11. The maximum Gasteiger partial charge on any atom is 0.155 e. The maximum atomic E-state index is 9.91. The van der Waals surface area contributed by atoms with Crippen LogP contribution < -0.4 is 0 Å². The average molecular weight is 309 g/mol. The Morgan fingerprint density at radius 3 is 2.14 bits per heavy atom. The lowest BCUT2D eigenvalue weighted by molar-refractivity contribution is -0.101. The summed E-state index contributed by atoms with van der Waals surface area (Å²) in [5.74, 6) is 0.480. The average Bonchev–Trinajstić information content (AvgIpc) is 2.37. The topological polar surface area (TPSA) is 29.5 Å². The number of allylic oxidation sites excluding steroid dienone is 5. The SMILES string of the molecule is CC(C)=CCC/C(C)=C\COC(O)CC(C)CCC=C(C)C. The van der Waals surface area contributed by atoms with E-state index in [-0.39, 0.29) is 0 Å². The van der Waals surface area contributed by atoms with E-state index in [9.17, 15) is 5.11 Å². The molecule has 0 rings (SSSR count). The molecule has 0 radical (unpaired) electrons. The molecule has 128 valence electrons. The van der Waals surface area contributed by atoms with Crippen LogP contribution in [0, 0.1) is 5.92 Å². The molecule has 0 fully saturated rings. The van der Waals surface area contributed by atoms with Crippen molar-refractivity contribution in [2.45, 2.75) is 79.9 Å². The van der Waals surface area contributed by atoms with Gasteiger partial charge in [0.2, 0.25) is 0 Å². The molecule has 2 unspecified atom stereocenters. The minimum Gasteiger partial charge on any atom is -0.368 e. The highest BCUT2D eigenvalue weighted by atomic mass is 16.6. The molecule has 0 aromatic rings. The van der Waals surface area contributed by atoms with Gasteiger partial charge in [-0.3, -0.25) is 0 Å². The van der Waals surface area contributed by atoms with Crippen LogP contribution >= 0.6 is 0 Å². The van der Waals surface area contributed by atoms with E-state index < -0.39 is 6.29 Å². The molecule has 1 N–H and O–H groups in total. The second-order valence-corrected chi connectivity index (χ2v) is 6.86. The molecule has 0 bridgehead atoms. The highest BCUT2D eigenvalue weighted by Gasteiger charge is 2.09. The summed E-state index contributed by atoms with van der Waals surface area (Å²) in [7, 11) is 0. The van der Waals surface area contributed by atoms with Gasteiger partial charge >= 0.3 is 0 Å². The predicted molar refractivity (Wildman–Crippen MR) is 96.8 cm³/mol. The molecular formula is C20H36O2. The summed E-state index contributed by atoms with van der Waals surface area (Å²) in [6, 6.07) is 0. The van der Waals surface area contributed by atoms with Crippen molar-refractivity contribution in [2.24, 2.45) is 5.92 Å². The molecule has 0 saturated carbocycles. The molecule has 0 spiro atoms. The molecule has 0 amide bonds. The van der Waals surface area contributed by atoms with Crippen LogP contribution in [-0.4, -0.2) is 18.0 Å². The zero-order chi connectivity index (χ0) is 17.0. The third kappa shape index (κ3) is 14.1. The third-order valence-corrected chi connectivity index (χ3v) is 3.63. The molecule has 2 atom stereocenters. The van der Waals surface area contributed by atoms with Gasteiger partial charge in [-0.05, 0) is 66.2 Å². The molecule has 0 aliphatic rings. The van der Waals surface area contributed by atoms with Crippen LogP contribution in [0.1, 0.15) is 73.6 Å². The number of ether oxygens (including phenoxy) is 1. The van der Waals surface area contributed by atoms with Gasteiger partial charge in [0, 0.05) is 6.42 Å². The Morgan fingerprint density at radius 2 is 1.55 bits per heavy atom. The third-order valence-electron chi connectivity index (χ3n) is 3.63. The first-order chi connectivity index (χ1) is 10.3. The molecule has 0 saturated heterocycles. The minimum absolute atomic E-state index is 0.480. The van der Waals surface area contributed by atoms with Crippen molar-refractivity contribution < 1.29 is 9.84 Å². The Kier molecular flexibility index (Phi) is 12.2. The minimum atomic E-state index is -0.650. The van der Waals surface area contributed by atoms with E-state index in [0.717, 1.165) is 25.7 Å². The Labute approximate surface area is 138 Å². The zero-order valence-electron chi connectivity index (χ0n) is 15.5. The Bertz CT molecular complexity index is 369. The van der Waals surface area contributed by atoms with E-state index in [1.165, 1.54) is 16.7 Å². The van der Waals surface area contributed by atoms with Crippen molar-refractivity contribution in [3.05, 3.63) is 34.9 Å². The Balaban J connectivity index is 3.85. The van der Waals surface area contributed by atoms with Crippen LogP contribution in [0.5, 0.6) is 0 Å². The summed E-state index contributed by atoms with van der Waals surface area (Å²) in [5.41, 5.74) is 4.04. The number of aliphatic hydroxyl groups excluding tert-OH is 1. The molecule has 0 aliphatic heterocycles. The van der Waals surface area contributed by atoms with E-state index >= 15 is 0 Å². The van der Waals surface area contributed by atoms with Crippen LogP contribution in [0.25, 0.3) is 0 Å². The number of hydrogen-bond acceptors (Lipinski definition) is 2. The smallest absolute Gasteiger partial charge is 0.155 e. The number of aliphatic hydroxyl groups is 1. The quantitative estimate of drug-likeness (QED) is 0.387. The fourth-order valence-corrected chi connectivity index (χ4v) is 2.18. The highest BCUT2D eigenvalue weighted by molar-refractivity contribution is 5.02. The molecule has 0 heterocycles. The first-order valence-corrected chi connectivity index (χ1v) is 8.53. The van der Waals surface area contributed by atoms with Gasteiger partial charge in [0.1, 0.15) is 0 Å². The van der Waals surface area contributed by atoms with E-state index in [2.05, 4.69) is 59.8 Å². The Hall–Kier alpha value is -0.860. The van der Waals surface area contributed by atoms with Crippen LogP contribution in [0.4, 0.5) is 0 Å². The molecule has 22 heavy (non-hydrogen) atoms. The normalized spacial score (nSPS) is 14.4. The van der Waals surface area contributed by atoms with Crippen molar-refractivity contribution in [1.29, 1.82) is 0 Å². The van der Waals surface area contributed by atoms with Gasteiger partial charge in [-0.25, -0.2) is 0 Å². The summed E-state index contributed by atoms with van der Waals surface area (Å²) in [6.07, 6.45) is 11.0. The number of hydrogen-bond donors (Lipinski definition) is 1. The van der Waals surface area contributed by atoms with E-state index in [1.54, 1.807) is 0 Å². The van der Waals surface area contributed by atoms with Crippen molar-refractivity contribution in [3.8, 4) is 0 Å². The molecule has 0 aromatic heterocycles. The van der Waals surface area contributed by atoms with Gasteiger partial charge in [-0.1, -0.05) is 41.9 Å². The van der Waals surface area contributed by atoms with E-state index in [0.29, 0.717) is 18.9 Å². The highest BCUT2D eigenvalue weighted by Crippen LogP contribution is 2.15. The fourth-order valence-electron chi connectivity index (χ4n) is 2.18. The zero-order valence-corrected chi connectivity index (χ0v) is 15.5. The van der Waals surface area contributed by atoms with E-state index in [4.69, 9.17) is 4.74 Å². The fraction of sp³-hybridized carbons (Fsp3) is 0.700. The molecule has 2 nitrogen and oxygen atoms in total. The summed E-state index contributed by atoms with van der Waals surface area (Å²) in [6.45, 7) is 13.3. The van der Waals surface area contributed by atoms with Gasteiger partial charge in [-0.2, -0.15) is 0 Å². The van der Waals surface area contributed by atoms with Gasteiger partial charge in [0.05, 0.1) is 6.61 Å². The summed E-state index contributed by atoms with van der Waals surface area (Å²) >= 11 is 0. The standard InChI is InChI=1S/C20H36O2/c1-16(2)9-7-11-18(5)13-14-22-20(21)15-19(6)12-8-10-17(3)4/h9-10,13,19-21H,7-8,11-12,14-15H2,1-6H3/b18-13-. The molecule has 2 heteroatoms.